The lowest BCUT2D eigenvalue weighted by Gasteiger charge is -2.21. The third kappa shape index (κ3) is 3.19. The first kappa shape index (κ1) is 14.0. The van der Waals surface area contributed by atoms with Crippen LogP contribution in [0.15, 0.2) is 18.3 Å². The van der Waals surface area contributed by atoms with Crippen molar-refractivity contribution in [3.63, 3.8) is 0 Å². The first-order valence-corrected chi connectivity index (χ1v) is 5.67. The van der Waals surface area contributed by atoms with Crippen molar-refractivity contribution in [1.29, 1.82) is 0 Å². The van der Waals surface area contributed by atoms with E-state index in [1.165, 1.54) is 12.3 Å². The van der Waals surface area contributed by atoms with E-state index in [-0.39, 0.29) is 17.3 Å². The van der Waals surface area contributed by atoms with Crippen molar-refractivity contribution in [2.45, 2.75) is 19.9 Å². The Kier molecular flexibility index (Phi) is 4.65. The highest BCUT2D eigenvalue weighted by Crippen LogP contribution is 2.13. The molecule has 1 aromatic rings. The number of aromatic carboxylic acids is 1. The number of nitrogens with zero attached hydrogens (tertiary/aromatic N) is 2. The molecule has 0 saturated heterocycles. The number of nitrogens with one attached hydrogen (secondary N) is 1. The lowest BCUT2D eigenvalue weighted by atomic mass is 10.2. The van der Waals surface area contributed by atoms with E-state index in [0.717, 1.165) is 0 Å². The van der Waals surface area contributed by atoms with E-state index < -0.39 is 12.0 Å². The number of amides is 1. The number of anilines is 1. The molecule has 98 valence electrons. The van der Waals surface area contributed by atoms with E-state index in [2.05, 4.69) is 10.3 Å². The number of carboxylic acid groups (broad SMARTS) is 1. The molecule has 1 amide bonds. The molecule has 0 aliphatic carbocycles. The van der Waals surface area contributed by atoms with E-state index in [1.54, 1.807) is 24.9 Å². The van der Waals surface area contributed by atoms with Gasteiger partial charge in [-0.2, -0.15) is 0 Å². The molecule has 0 fully saturated rings. The number of aromatic nitrogens is 1. The number of rotatable bonds is 5. The van der Waals surface area contributed by atoms with Crippen LogP contribution in [0.1, 0.15) is 24.2 Å². The van der Waals surface area contributed by atoms with Gasteiger partial charge >= 0.3 is 5.97 Å². The number of pyridine rings is 1. The molecule has 6 nitrogen and oxygen atoms in total. The number of hydrogen-bond donors (Lipinski definition) is 2. The van der Waals surface area contributed by atoms with Gasteiger partial charge in [0.15, 0.2) is 0 Å². The minimum absolute atomic E-state index is 0.0521. The molecule has 1 rings (SSSR count). The predicted octanol–water partition coefficient (Wildman–Crippen LogP) is 1.06. The molecule has 0 aliphatic rings. The lowest BCUT2D eigenvalue weighted by Crippen LogP contribution is -2.39. The molecule has 1 unspecified atom stereocenters. The molecular formula is C12H17N3O3. The Bertz CT molecular complexity index is 448. The van der Waals surface area contributed by atoms with Crippen LogP contribution in [0.4, 0.5) is 5.82 Å². The van der Waals surface area contributed by atoms with Gasteiger partial charge in [0.1, 0.15) is 17.4 Å². The van der Waals surface area contributed by atoms with E-state index in [4.69, 9.17) is 5.11 Å². The largest absolute Gasteiger partial charge is 0.478 e. The van der Waals surface area contributed by atoms with Gasteiger partial charge in [0, 0.05) is 19.8 Å². The van der Waals surface area contributed by atoms with Crippen LogP contribution < -0.4 is 5.32 Å². The molecule has 18 heavy (non-hydrogen) atoms. The monoisotopic (exact) mass is 251 g/mol. The summed E-state index contributed by atoms with van der Waals surface area (Å²) in [6.07, 6.45) is 1.48. The Morgan fingerprint density at radius 2 is 2.22 bits per heavy atom. The Morgan fingerprint density at radius 3 is 2.78 bits per heavy atom. The Balaban J connectivity index is 2.85. The van der Waals surface area contributed by atoms with Crippen molar-refractivity contribution >= 4 is 17.7 Å². The van der Waals surface area contributed by atoms with Gasteiger partial charge in [0.05, 0.1) is 0 Å². The van der Waals surface area contributed by atoms with Crippen LogP contribution in [0.2, 0.25) is 0 Å². The molecule has 0 aromatic carbocycles. The summed E-state index contributed by atoms with van der Waals surface area (Å²) in [5.41, 5.74) is 0.0521. The fourth-order valence-corrected chi connectivity index (χ4v) is 1.45. The van der Waals surface area contributed by atoms with Gasteiger partial charge in [0.2, 0.25) is 5.91 Å². The van der Waals surface area contributed by atoms with Crippen molar-refractivity contribution in [3.8, 4) is 0 Å². The molecule has 2 N–H and O–H groups in total. The summed E-state index contributed by atoms with van der Waals surface area (Å²) < 4.78 is 0. The summed E-state index contributed by atoms with van der Waals surface area (Å²) in [7, 11) is 1.69. The first-order chi connectivity index (χ1) is 8.47. The highest BCUT2D eigenvalue weighted by molar-refractivity contribution is 5.94. The first-order valence-electron chi connectivity index (χ1n) is 5.67. The molecule has 1 aromatic heterocycles. The second-order valence-corrected chi connectivity index (χ2v) is 3.92. The molecular weight excluding hydrogens is 234 g/mol. The van der Waals surface area contributed by atoms with Gasteiger partial charge in [-0.15, -0.1) is 0 Å². The van der Waals surface area contributed by atoms with Gasteiger partial charge in [-0.3, -0.25) is 4.79 Å². The number of carbonyl (C=O) groups excluding carboxylic acids is 1. The molecule has 0 spiro atoms. The van der Waals surface area contributed by atoms with Gasteiger partial charge < -0.3 is 15.3 Å². The van der Waals surface area contributed by atoms with Crippen molar-refractivity contribution in [3.05, 3.63) is 23.9 Å². The smallest absolute Gasteiger partial charge is 0.339 e. The third-order valence-electron chi connectivity index (χ3n) is 2.61. The zero-order chi connectivity index (χ0) is 13.7. The fraction of sp³-hybridized carbons (Fsp3) is 0.417. The quantitative estimate of drug-likeness (QED) is 0.817. The Labute approximate surface area is 106 Å². The summed E-state index contributed by atoms with van der Waals surface area (Å²) >= 11 is 0. The lowest BCUT2D eigenvalue weighted by molar-refractivity contribution is -0.130. The highest BCUT2D eigenvalue weighted by atomic mass is 16.4. The maximum atomic E-state index is 11.8. The van der Waals surface area contributed by atoms with E-state index in [1.807, 2.05) is 6.92 Å². The molecule has 0 bridgehead atoms. The van der Waals surface area contributed by atoms with Crippen molar-refractivity contribution in [2.75, 3.05) is 18.9 Å². The van der Waals surface area contributed by atoms with Crippen molar-refractivity contribution in [1.82, 2.24) is 9.88 Å². The zero-order valence-electron chi connectivity index (χ0n) is 10.7. The minimum atomic E-state index is -1.07. The molecule has 0 aliphatic heterocycles. The second-order valence-electron chi connectivity index (χ2n) is 3.92. The minimum Gasteiger partial charge on any atom is -0.478 e. The van der Waals surface area contributed by atoms with Crippen LogP contribution in [0.5, 0.6) is 0 Å². The highest BCUT2D eigenvalue weighted by Gasteiger charge is 2.19. The maximum Gasteiger partial charge on any atom is 0.339 e. The molecule has 0 radical (unpaired) electrons. The molecule has 6 heteroatoms. The number of carboxylic acids is 1. The van der Waals surface area contributed by atoms with Crippen LogP contribution in [0.25, 0.3) is 0 Å². The number of hydrogen-bond acceptors (Lipinski definition) is 4. The molecule has 0 saturated carbocycles. The van der Waals surface area contributed by atoms with Crippen LogP contribution >= 0.6 is 0 Å². The SMILES string of the molecule is CCN(C)C(=O)C(C)Nc1ncccc1C(=O)O. The topological polar surface area (TPSA) is 82.5 Å². The van der Waals surface area contributed by atoms with E-state index in [9.17, 15) is 9.59 Å². The normalized spacial score (nSPS) is 11.7. The predicted molar refractivity (Wildman–Crippen MR) is 67.6 cm³/mol. The van der Waals surface area contributed by atoms with Crippen LogP contribution in [-0.4, -0.2) is 46.5 Å². The van der Waals surface area contributed by atoms with Gasteiger partial charge in [0.25, 0.3) is 0 Å². The van der Waals surface area contributed by atoms with Gasteiger partial charge in [-0.1, -0.05) is 0 Å². The summed E-state index contributed by atoms with van der Waals surface area (Å²) in [5, 5.41) is 11.8. The number of carbonyl (C=O) groups is 2. The standard InChI is InChI=1S/C12H17N3O3/c1-4-15(3)11(16)8(2)14-10-9(12(17)18)6-5-7-13-10/h5-8H,4H2,1-3H3,(H,13,14)(H,17,18). The Hall–Kier alpha value is -2.11. The average molecular weight is 251 g/mol. The van der Waals surface area contributed by atoms with Crippen LogP contribution in [-0.2, 0) is 4.79 Å². The fourth-order valence-electron chi connectivity index (χ4n) is 1.45. The second kappa shape index (κ2) is 6.00. The van der Waals surface area contributed by atoms with Crippen molar-refractivity contribution < 1.29 is 14.7 Å². The molecule has 1 atom stereocenters. The summed E-state index contributed by atoms with van der Waals surface area (Å²) in [6, 6.07) is 2.46. The van der Waals surface area contributed by atoms with Crippen LogP contribution in [0.3, 0.4) is 0 Å². The van der Waals surface area contributed by atoms with Crippen LogP contribution in [0, 0.1) is 0 Å². The number of likely N-dealkylation sites (N-methyl/N-ethyl adjacent to an activating group) is 1. The average Bonchev–Trinajstić information content (AvgIpc) is 2.37. The van der Waals surface area contributed by atoms with Gasteiger partial charge in [-0.05, 0) is 26.0 Å². The Morgan fingerprint density at radius 1 is 1.56 bits per heavy atom. The van der Waals surface area contributed by atoms with Gasteiger partial charge in [-0.25, -0.2) is 9.78 Å². The molecule has 1 heterocycles. The summed E-state index contributed by atoms with van der Waals surface area (Å²) in [5.74, 6) is -0.982. The zero-order valence-corrected chi connectivity index (χ0v) is 10.7. The maximum absolute atomic E-state index is 11.8. The summed E-state index contributed by atoms with van der Waals surface area (Å²) in [6.45, 7) is 4.14. The van der Waals surface area contributed by atoms with Crippen molar-refractivity contribution in [2.24, 2.45) is 0 Å². The summed E-state index contributed by atoms with van der Waals surface area (Å²) in [4.78, 5) is 28.3. The third-order valence-corrected chi connectivity index (χ3v) is 2.61. The van der Waals surface area contributed by atoms with E-state index in [0.29, 0.717) is 6.54 Å². The van der Waals surface area contributed by atoms with E-state index >= 15 is 0 Å².